The van der Waals surface area contributed by atoms with Crippen LogP contribution >= 0.6 is 0 Å². The number of amides is 2. The lowest BCUT2D eigenvalue weighted by molar-refractivity contribution is -0.129. The third-order valence-corrected chi connectivity index (χ3v) is 3.03. The predicted molar refractivity (Wildman–Crippen MR) is 85.8 cm³/mol. The molecular formula is C17H16N2O5. The van der Waals surface area contributed by atoms with Gasteiger partial charge in [-0.2, -0.15) is 0 Å². The van der Waals surface area contributed by atoms with Gasteiger partial charge in [0.25, 0.3) is 5.91 Å². The first-order valence-corrected chi connectivity index (χ1v) is 7.08. The van der Waals surface area contributed by atoms with E-state index in [1.54, 1.807) is 48.5 Å². The molecule has 7 heteroatoms. The average Bonchev–Trinajstić information content (AvgIpc) is 2.58. The van der Waals surface area contributed by atoms with Crippen molar-refractivity contribution in [2.45, 2.75) is 6.92 Å². The van der Waals surface area contributed by atoms with Crippen molar-refractivity contribution in [2.24, 2.45) is 0 Å². The van der Waals surface area contributed by atoms with Crippen LogP contribution in [0.3, 0.4) is 0 Å². The van der Waals surface area contributed by atoms with Gasteiger partial charge in [-0.05, 0) is 35.4 Å². The van der Waals surface area contributed by atoms with Crippen LogP contribution in [0.5, 0.6) is 5.75 Å². The van der Waals surface area contributed by atoms with Crippen molar-refractivity contribution in [3.8, 4) is 16.9 Å². The zero-order valence-electron chi connectivity index (χ0n) is 12.9. The molecule has 0 saturated carbocycles. The Morgan fingerprint density at radius 1 is 0.917 bits per heavy atom. The van der Waals surface area contributed by atoms with Gasteiger partial charge in [0.1, 0.15) is 5.75 Å². The summed E-state index contributed by atoms with van der Waals surface area (Å²) in [5.74, 6) is -1.54. The number of hydrazine groups is 1. The molecule has 3 N–H and O–H groups in total. The van der Waals surface area contributed by atoms with Gasteiger partial charge in [-0.1, -0.05) is 24.3 Å². The number of nitrogens with one attached hydrogen (secondary N) is 2. The molecule has 0 aromatic heterocycles. The third-order valence-electron chi connectivity index (χ3n) is 3.03. The summed E-state index contributed by atoms with van der Waals surface area (Å²) in [6.07, 6.45) is 0. The maximum absolute atomic E-state index is 11.9. The number of carbonyl (C=O) groups is 3. The Balaban J connectivity index is 1.92. The van der Waals surface area contributed by atoms with E-state index in [-0.39, 0.29) is 5.75 Å². The van der Waals surface area contributed by atoms with E-state index in [1.165, 1.54) is 6.92 Å². The molecule has 2 amide bonds. The summed E-state index contributed by atoms with van der Waals surface area (Å²) in [4.78, 5) is 33.8. The number of ether oxygens (including phenoxy) is 1. The Kier molecular flexibility index (Phi) is 5.51. The van der Waals surface area contributed by atoms with Crippen LogP contribution in [0.25, 0.3) is 11.1 Å². The molecule has 7 nitrogen and oxygen atoms in total. The molecule has 0 aliphatic carbocycles. The second-order valence-electron chi connectivity index (χ2n) is 4.93. The van der Waals surface area contributed by atoms with Crippen molar-refractivity contribution in [3.05, 3.63) is 54.1 Å². The second kappa shape index (κ2) is 7.77. The van der Waals surface area contributed by atoms with Crippen LogP contribution in [-0.4, -0.2) is 29.5 Å². The van der Waals surface area contributed by atoms with Crippen LogP contribution in [0.1, 0.15) is 17.3 Å². The number of phenols is 1. The summed E-state index contributed by atoms with van der Waals surface area (Å²) < 4.78 is 4.85. The lowest BCUT2D eigenvalue weighted by Crippen LogP contribution is -2.42. The highest BCUT2D eigenvalue weighted by Gasteiger charge is 2.10. The monoisotopic (exact) mass is 328 g/mol. The molecule has 0 aliphatic heterocycles. The number of rotatable bonds is 4. The van der Waals surface area contributed by atoms with Crippen LogP contribution < -0.4 is 10.9 Å². The topological polar surface area (TPSA) is 105 Å². The van der Waals surface area contributed by atoms with E-state index in [0.29, 0.717) is 5.56 Å². The largest absolute Gasteiger partial charge is 0.508 e. The molecular weight excluding hydrogens is 312 g/mol. The second-order valence-corrected chi connectivity index (χ2v) is 4.93. The molecule has 124 valence electrons. The molecule has 2 rings (SSSR count). The number of hydrogen-bond acceptors (Lipinski definition) is 5. The first-order chi connectivity index (χ1) is 11.5. The van der Waals surface area contributed by atoms with E-state index in [0.717, 1.165) is 11.1 Å². The van der Waals surface area contributed by atoms with E-state index < -0.39 is 24.4 Å². The summed E-state index contributed by atoms with van der Waals surface area (Å²) in [5.41, 5.74) is 6.24. The molecule has 0 bridgehead atoms. The van der Waals surface area contributed by atoms with Crippen molar-refractivity contribution < 1.29 is 24.2 Å². The Morgan fingerprint density at radius 2 is 1.46 bits per heavy atom. The fourth-order valence-electron chi connectivity index (χ4n) is 1.86. The number of carbonyl (C=O) groups excluding carboxylic acids is 3. The molecule has 0 radical (unpaired) electrons. The highest BCUT2D eigenvalue weighted by molar-refractivity contribution is 5.92. The Bertz CT molecular complexity index is 739. The summed E-state index contributed by atoms with van der Waals surface area (Å²) >= 11 is 0. The predicted octanol–water partition coefficient (Wildman–Crippen LogP) is 1.38. The van der Waals surface area contributed by atoms with Crippen LogP contribution in [0.2, 0.25) is 0 Å². The number of phenolic OH excluding ortho intramolecular Hbond substituents is 1. The summed E-state index contributed by atoms with van der Waals surface area (Å²) in [7, 11) is 0. The van der Waals surface area contributed by atoms with Gasteiger partial charge >= 0.3 is 5.97 Å². The lowest BCUT2D eigenvalue weighted by atomic mass is 10.0. The minimum absolute atomic E-state index is 0.177. The van der Waals surface area contributed by atoms with Gasteiger partial charge < -0.3 is 9.84 Å². The van der Waals surface area contributed by atoms with Gasteiger partial charge in [0, 0.05) is 6.92 Å². The third kappa shape index (κ3) is 4.84. The standard InChI is InChI=1S/C17H16N2O5/c1-11(20)18-19-16(22)10-24-17(23)14-4-2-12(3-5-14)13-6-8-15(21)9-7-13/h2-9,21H,10H2,1H3,(H,18,20)(H,19,22). The molecule has 0 aliphatic rings. The van der Waals surface area contributed by atoms with Gasteiger partial charge in [-0.15, -0.1) is 0 Å². The van der Waals surface area contributed by atoms with Crippen LogP contribution in [0.4, 0.5) is 0 Å². The van der Waals surface area contributed by atoms with Crippen molar-refractivity contribution in [3.63, 3.8) is 0 Å². The van der Waals surface area contributed by atoms with E-state index in [4.69, 9.17) is 4.74 Å². The number of aromatic hydroxyl groups is 1. The SMILES string of the molecule is CC(=O)NNC(=O)COC(=O)c1ccc(-c2ccc(O)cc2)cc1. The maximum Gasteiger partial charge on any atom is 0.338 e. The van der Waals surface area contributed by atoms with Gasteiger partial charge in [-0.3, -0.25) is 20.4 Å². The Morgan fingerprint density at radius 3 is 2.00 bits per heavy atom. The van der Waals surface area contributed by atoms with E-state index in [2.05, 4.69) is 10.9 Å². The van der Waals surface area contributed by atoms with Gasteiger partial charge in [0.05, 0.1) is 5.56 Å². The van der Waals surface area contributed by atoms with Crippen LogP contribution in [-0.2, 0) is 14.3 Å². The zero-order valence-corrected chi connectivity index (χ0v) is 12.9. The molecule has 0 unspecified atom stereocenters. The maximum atomic E-state index is 11.9. The van der Waals surface area contributed by atoms with Gasteiger partial charge in [-0.25, -0.2) is 4.79 Å². The van der Waals surface area contributed by atoms with Crippen molar-refractivity contribution in [2.75, 3.05) is 6.61 Å². The smallest absolute Gasteiger partial charge is 0.338 e. The first-order valence-electron chi connectivity index (χ1n) is 7.08. The number of hydrogen-bond donors (Lipinski definition) is 3. The van der Waals surface area contributed by atoms with Crippen molar-refractivity contribution in [1.82, 2.24) is 10.9 Å². The highest BCUT2D eigenvalue weighted by Crippen LogP contribution is 2.22. The Labute approximate surface area is 138 Å². The molecule has 2 aromatic rings. The average molecular weight is 328 g/mol. The normalized spacial score (nSPS) is 9.88. The molecule has 0 fully saturated rings. The molecule has 0 spiro atoms. The number of esters is 1. The summed E-state index contributed by atoms with van der Waals surface area (Å²) in [6, 6.07) is 13.3. The van der Waals surface area contributed by atoms with E-state index in [9.17, 15) is 19.5 Å². The molecule has 0 atom stereocenters. The van der Waals surface area contributed by atoms with E-state index in [1.807, 2.05) is 0 Å². The number of benzene rings is 2. The molecule has 2 aromatic carbocycles. The quantitative estimate of drug-likeness (QED) is 0.581. The highest BCUT2D eigenvalue weighted by atomic mass is 16.5. The van der Waals surface area contributed by atoms with E-state index >= 15 is 0 Å². The minimum atomic E-state index is -0.648. The summed E-state index contributed by atoms with van der Waals surface area (Å²) in [5, 5.41) is 9.28. The zero-order chi connectivity index (χ0) is 17.5. The fourth-order valence-corrected chi connectivity index (χ4v) is 1.86. The fraction of sp³-hybridized carbons (Fsp3) is 0.118. The van der Waals surface area contributed by atoms with Gasteiger partial charge in [0.15, 0.2) is 6.61 Å². The first kappa shape index (κ1) is 17.0. The molecule has 0 heterocycles. The van der Waals surface area contributed by atoms with Crippen LogP contribution in [0.15, 0.2) is 48.5 Å². The Hall–Kier alpha value is -3.35. The molecule has 24 heavy (non-hydrogen) atoms. The van der Waals surface area contributed by atoms with Crippen molar-refractivity contribution >= 4 is 17.8 Å². The van der Waals surface area contributed by atoms with Gasteiger partial charge in [0.2, 0.25) is 5.91 Å². The lowest BCUT2D eigenvalue weighted by Gasteiger charge is -2.07. The van der Waals surface area contributed by atoms with Crippen molar-refractivity contribution in [1.29, 1.82) is 0 Å². The molecule has 0 saturated heterocycles. The van der Waals surface area contributed by atoms with Crippen LogP contribution in [0, 0.1) is 0 Å². The minimum Gasteiger partial charge on any atom is -0.508 e. The summed E-state index contributed by atoms with van der Waals surface area (Å²) in [6.45, 7) is 0.737.